The van der Waals surface area contributed by atoms with Gasteiger partial charge in [0.05, 0.1) is 5.82 Å². The highest BCUT2D eigenvalue weighted by molar-refractivity contribution is 5.12. The van der Waals surface area contributed by atoms with Crippen LogP contribution in [-0.4, -0.2) is 6.54 Å². The highest BCUT2D eigenvalue weighted by Crippen LogP contribution is 1.80. The van der Waals surface area contributed by atoms with Crippen LogP contribution in [0.25, 0.3) is 0 Å². The molecule has 10 heavy (non-hydrogen) atoms. The van der Waals surface area contributed by atoms with Crippen LogP contribution in [0.3, 0.4) is 0 Å². The normalized spacial score (nSPS) is 11.9. The van der Waals surface area contributed by atoms with Crippen LogP contribution in [0.5, 0.6) is 0 Å². The van der Waals surface area contributed by atoms with Crippen molar-refractivity contribution in [1.29, 1.82) is 0 Å². The molecule has 0 atom stereocenters. The number of allylic oxidation sites excluding steroid dienone is 4. The van der Waals surface area contributed by atoms with Crippen LogP contribution in [0, 0.1) is 0 Å². The van der Waals surface area contributed by atoms with Crippen LogP contribution < -0.4 is 11.1 Å². The second kappa shape index (κ2) is 5.95. The fourth-order valence-corrected chi connectivity index (χ4v) is 0.501. The van der Waals surface area contributed by atoms with Crippen molar-refractivity contribution < 1.29 is 0 Å². The Hall–Kier alpha value is -1.18. The fraction of sp³-hybridized carbons (Fsp3) is 0.250. The summed E-state index contributed by atoms with van der Waals surface area (Å²) >= 11 is 0. The molecule has 0 bridgehead atoms. The molecule has 0 aromatic rings. The Labute approximate surface area is 62.1 Å². The summed E-state index contributed by atoms with van der Waals surface area (Å²) in [6.07, 6.45) is 7.16. The molecule has 0 amide bonds. The SMILES string of the molecule is C=C/C=C\C=C(/N)NCC. The van der Waals surface area contributed by atoms with Gasteiger partial charge in [0.15, 0.2) is 0 Å². The van der Waals surface area contributed by atoms with Crippen LogP contribution in [0.2, 0.25) is 0 Å². The molecule has 0 aliphatic rings. The Morgan fingerprint density at radius 2 is 2.30 bits per heavy atom. The Balaban J connectivity index is 3.67. The lowest BCUT2D eigenvalue weighted by atomic mass is 10.4. The smallest absolute Gasteiger partial charge is 0.0959 e. The lowest BCUT2D eigenvalue weighted by molar-refractivity contribution is 0.840. The highest BCUT2D eigenvalue weighted by Gasteiger charge is 1.78. The first-order chi connectivity index (χ1) is 4.81. The zero-order valence-corrected chi connectivity index (χ0v) is 6.30. The minimum Gasteiger partial charge on any atom is -0.386 e. The standard InChI is InChI=1S/C8H14N2/c1-3-5-6-7-8(9)10-4-2/h3,5-7,10H,1,4,9H2,2H3/b6-5-,8-7+. The van der Waals surface area contributed by atoms with Gasteiger partial charge in [-0.25, -0.2) is 0 Å². The second-order valence-corrected chi connectivity index (χ2v) is 1.77. The van der Waals surface area contributed by atoms with Crippen LogP contribution in [0.4, 0.5) is 0 Å². The van der Waals surface area contributed by atoms with Gasteiger partial charge in [0, 0.05) is 6.54 Å². The van der Waals surface area contributed by atoms with Gasteiger partial charge >= 0.3 is 0 Å². The van der Waals surface area contributed by atoms with Gasteiger partial charge in [-0.05, 0) is 13.0 Å². The van der Waals surface area contributed by atoms with Crippen LogP contribution in [-0.2, 0) is 0 Å². The molecule has 0 saturated carbocycles. The molecule has 2 heteroatoms. The predicted octanol–water partition coefficient (Wildman–Crippen LogP) is 1.14. The molecule has 56 valence electrons. The van der Waals surface area contributed by atoms with E-state index in [9.17, 15) is 0 Å². The average Bonchev–Trinajstić information content (AvgIpc) is 1.89. The summed E-state index contributed by atoms with van der Waals surface area (Å²) in [6.45, 7) is 6.38. The third kappa shape index (κ3) is 4.97. The maximum atomic E-state index is 5.49. The summed E-state index contributed by atoms with van der Waals surface area (Å²) in [7, 11) is 0. The molecule has 0 radical (unpaired) electrons. The molecule has 0 aliphatic heterocycles. The maximum absolute atomic E-state index is 5.49. The van der Waals surface area contributed by atoms with E-state index < -0.39 is 0 Å². The van der Waals surface area contributed by atoms with Crippen molar-refractivity contribution in [2.24, 2.45) is 5.73 Å². The number of rotatable bonds is 4. The largest absolute Gasteiger partial charge is 0.386 e. The Morgan fingerprint density at radius 1 is 1.60 bits per heavy atom. The van der Waals surface area contributed by atoms with Gasteiger partial charge in [0.2, 0.25) is 0 Å². The Bertz CT molecular complexity index is 145. The first kappa shape index (κ1) is 8.82. The number of hydrogen-bond donors (Lipinski definition) is 2. The van der Waals surface area contributed by atoms with E-state index in [1.165, 1.54) is 0 Å². The fourth-order valence-electron chi connectivity index (χ4n) is 0.501. The third-order valence-electron chi connectivity index (χ3n) is 0.904. The molecule has 0 aromatic carbocycles. The van der Waals surface area contributed by atoms with E-state index in [2.05, 4.69) is 11.9 Å². The second-order valence-electron chi connectivity index (χ2n) is 1.77. The third-order valence-corrected chi connectivity index (χ3v) is 0.904. The van der Waals surface area contributed by atoms with Crippen molar-refractivity contribution in [2.45, 2.75) is 6.92 Å². The quantitative estimate of drug-likeness (QED) is 0.572. The Kier molecular flexibility index (Phi) is 5.25. The van der Waals surface area contributed by atoms with Gasteiger partial charge in [0.1, 0.15) is 0 Å². The van der Waals surface area contributed by atoms with E-state index in [0.717, 1.165) is 6.54 Å². The van der Waals surface area contributed by atoms with E-state index in [4.69, 9.17) is 5.73 Å². The Morgan fingerprint density at radius 3 is 2.80 bits per heavy atom. The van der Waals surface area contributed by atoms with Crippen molar-refractivity contribution in [3.8, 4) is 0 Å². The molecule has 0 rings (SSSR count). The summed E-state index contributed by atoms with van der Waals surface area (Å²) in [4.78, 5) is 0. The van der Waals surface area contributed by atoms with Crippen molar-refractivity contribution in [2.75, 3.05) is 6.54 Å². The topological polar surface area (TPSA) is 38.0 Å². The van der Waals surface area contributed by atoms with Gasteiger partial charge in [-0.15, -0.1) is 0 Å². The number of nitrogens with two attached hydrogens (primary N) is 1. The minimum absolute atomic E-state index is 0.681. The highest BCUT2D eigenvalue weighted by atomic mass is 15.0. The van der Waals surface area contributed by atoms with E-state index >= 15 is 0 Å². The van der Waals surface area contributed by atoms with Crippen molar-refractivity contribution >= 4 is 0 Å². The lowest BCUT2D eigenvalue weighted by Gasteiger charge is -1.98. The van der Waals surface area contributed by atoms with Gasteiger partial charge in [-0.2, -0.15) is 0 Å². The summed E-state index contributed by atoms with van der Waals surface area (Å²) in [5, 5.41) is 2.96. The molecule has 0 aliphatic carbocycles. The molecule has 0 heterocycles. The van der Waals surface area contributed by atoms with E-state index in [1.54, 1.807) is 12.2 Å². The van der Waals surface area contributed by atoms with Gasteiger partial charge < -0.3 is 11.1 Å². The molecule has 2 nitrogen and oxygen atoms in total. The lowest BCUT2D eigenvalue weighted by Crippen LogP contribution is -2.18. The van der Waals surface area contributed by atoms with Crippen molar-refractivity contribution in [3.63, 3.8) is 0 Å². The van der Waals surface area contributed by atoms with E-state index in [1.807, 2.05) is 19.1 Å². The maximum Gasteiger partial charge on any atom is 0.0959 e. The first-order valence-electron chi connectivity index (χ1n) is 3.30. The summed E-state index contributed by atoms with van der Waals surface area (Å²) in [6, 6.07) is 0. The summed E-state index contributed by atoms with van der Waals surface area (Å²) < 4.78 is 0. The zero-order chi connectivity index (χ0) is 7.82. The number of nitrogens with one attached hydrogen (secondary N) is 1. The molecule has 0 spiro atoms. The van der Waals surface area contributed by atoms with Crippen LogP contribution >= 0.6 is 0 Å². The molecule has 3 N–H and O–H groups in total. The van der Waals surface area contributed by atoms with Crippen LogP contribution in [0.15, 0.2) is 36.7 Å². The monoisotopic (exact) mass is 138 g/mol. The zero-order valence-electron chi connectivity index (χ0n) is 6.30. The van der Waals surface area contributed by atoms with Crippen LogP contribution in [0.1, 0.15) is 6.92 Å². The average molecular weight is 138 g/mol. The van der Waals surface area contributed by atoms with Gasteiger partial charge in [-0.3, -0.25) is 0 Å². The van der Waals surface area contributed by atoms with Gasteiger partial charge in [-0.1, -0.05) is 24.8 Å². The molecular formula is C8H14N2. The minimum atomic E-state index is 0.681. The van der Waals surface area contributed by atoms with Crippen molar-refractivity contribution in [3.05, 3.63) is 36.7 Å². The van der Waals surface area contributed by atoms with E-state index in [-0.39, 0.29) is 0 Å². The molecule has 0 unspecified atom stereocenters. The predicted molar refractivity (Wildman–Crippen MR) is 45.3 cm³/mol. The number of hydrogen-bond acceptors (Lipinski definition) is 2. The summed E-state index contributed by atoms with van der Waals surface area (Å²) in [5.74, 6) is 0.681. The molecular weight excluding hydrogens is 124 g/mol. The molecule has 0 fully saturated rings. The van der Waals surface area contributed by atoms with E-state index in [0.29, 0.717) is 5.82 Å². The molecule has 0 saturated heterocycles. The summed E-state index contributed by atoms with van der Waals surface area (Å²) in [5.41, 5.74) is 5.49. The van der Waals surface area contributed by atoms with Crippen molar-refractivity contribution in [1.82, 2.24) is 5.32 Å². The van der Waals surface area contributed by atoms with Gasteiger partial charge in [0.25, 0.3) is 0 Å². The molecule has 0 aromatic heterocycles. The first-order valence-corrected chi connectivity index (χ1v) is 3.30.